The lowest BCUT2D eigenvalue weighted by atomic mass is 9.98. The smallest absolute Gasteiger partial charge is 0.251 e. The maximum Gasteiger partial charge on any atom is 0.251 e. The Morgan fingerprint density at radius 3 is 1.92 bits per heavy atom. The van der Waals surface area contributed by atoms with Crippen molar-refractivity contribution in [3.05, 3.63) is 143 Å². The average Bonchev–Trinajstić information content (AvgIpc) is 2.96. The summed E-state index contributed by atoms with van der Waals surface area (Å²) in [4.78, 5) is 39.2. The van der Waals surface area contributed by atoms with E-state index in [9.17, 15) is 14.4 Å². The standard InChI is InChI=1S/C31H29N3O3.ClH/c32-20-22-14-16-26(17-15-22)30(36)34-28(31(37)33-21-23-8-3-1-4-9-23)19-24-10-7-13-27(18-24)29(35)25-11-5-2-6-12-25;/h1-18,28H,19-21,32H2,(H,33,37)(H,34,36);1H/t28-;/m0./s1. The van der Waals surface area contributed by atoms with E-state index in [0.717, 1.165) is 16.7 Å². The predicted molar refractivity (Wildman–Crippen MR) is 151 cm³/mol. The molecule has 0 saturated heterocycles. The molecule has 2 amide bonds. The maximum absolute atomic E-state index is 13.2. The van der Waals surface area contributed by atoms with Crippen molar-refractivity contribution in [2.45, 2.75) is 25.6 Å². The number of amides is 2. The van der Waals surface area contributed by atoms with Gasteiger partial charge in [0.25, 0.3) is 5.91 Å². The highest BCUT2D eigenvalue weighted by atomic mass is 35.5. The van der Waals surface area contributed by atoms with Crippen LogP contribution in [0.5, 0.6) is 0 Å². The Hall–Kier alpha value is -4.26. The summed E-state index contributed by atoms with van der Waals surface area (Å²) in [6.45, 7) is 0.716. The number of benzene rings is 4. The molecule has 0 aliphatic carbocycles. The third-order valence-electron chi connectivity index (χ3n) is 6.05. The molecular formula is C31H30ClN3O3. The minimum atomic E-state index is -0.840. The molecule has 7 heteroatoms. The van der Waals surface area contributed by atoms with E-state index in [1.54, 1.807) is 54.6 Å². The van der Waals surface area contributed by atoms with Crippen LogP contribution in [0.1, 0.15) is 43.0 Å². The number of carbonyl (C=O) groups is 3. The number of hydrogen-bond acceptors (Lipinski definition) is 4. The van der Waals surface area contributed by atoms with Gasteiger partial charge in [0.05, 0.1) is 0 Å². The molecule has 4 aromatic carbocycles. The van der Waals surface area contributed by atoms with Crippen molar-refractivity contribution in [1.82, 2.24) is 10.6 Å². The van der Waals surface area contributed by atoms with E-state index in [2.05, 4.69) is 10.6 Å². The Morgan fingerprint density at radius 2 is 1.26 bits per heavy atom. The van der Waals surface area contributed by atoms with E-state index in [0.29, 0.717) is 29.8 Å². The van der Waals surface area contributed by atoms with Crippen molar-refractivity contribution in [2.75, 3.05) is 0 Å². The summed E-state index contributed by atoms with van der Waals surface area (Å²) in [6, 6.07) is 31.9. The molecule has 0 unspecified atom stereocenters. The van der Waals surface area contributed by atoms with Gasteiger partial charge >= 0.3 is 0 Å². The second-order valence-corrected chi connectivity index (χ2v) is 8.73. The number of ketones is 1. The molecule has 0 aliphatic heterocycles. The first kappa shape index (κ1) is 28.3. The van der Waals surface area contributed by atoms with Gasteiger partial charge in [-0.1, -0.05) is 91.0 Å². The molecule has 0 heterocycles. The quantitative estimate of drug-likeness (QED) is 0.265. The van der Waals surface area contributed by atoms with Crippen molar-refractivity contribution in [1.29, 1.82) is 0 Å². The molecule has 6 nitrogen and oxygen atoms in total. The molecule has 4 rings (SSSR count). The zero-order chi connectivity index (χ0) is 26.0. The van der Waals surface area contributed by atoms with Gasteiger partial charge in [0, 0.05) is 36.2 Å². The van der Waals surface area contributed by atoms with Crippen LogP contribution in [0.25, 0.3) is 0 Å². The molecule has 194 valence electrons. The first-order valence-corrected chi connectivity index (χ1v) is 12.1. The molecule has 0 aromatic heterocycles. The summed E-state index contributed by atoms with van der Waals surface area (Å²) in [5, 5.41) is 5.79. The topological polar surface area (TPSA) is 101 Å². The highest BCUT2D eigenvalue weighted by Gasteiger charge is 2.22. The zero-order valence-electron chi connectivity index (χ0n) is 20.8. The van der Waals surface area contributed by atoms with E-state index in [-0.39, 0.29) is 36.4 Å². The summed E-state index contributed by atoms with van der Waals surface area (Å²) < 4.78 is 0. The Bertz CT molecular complexity index is 1360. The molecular weight excluding hydrogens is 498 g/mol. The molecule has 4 N–H and O–H groups in total. The van der Waals surface area contributed by atoms with Crippen molar-refractivity contribution in [2.24, 2.45) is 5.73 Å². The first-order chi connectivity index (χ1) is 18.0. The molecule has 0 spiro atoms. The monoisotopic (exact) mass is 527 g/mol. The fourth-order valence-corrected chi connectivity index (χ4v) is 3.98. The fourth-order valence-electron chi connectivity index (χ4n) is 3.98. The number of carbonyl (C=O) groups excluding carboxylic acids is 3. The number of nitrogens with one attached hydrogen (secondary N) is 2. The van der Waals surface area contributed by atoms with Crippen molar-refractivity contribution >= 4 is 30.0 Å². The van der Waals surface area contributed by atoms with E-state index in [4.69, 9.17) is 5.73 Å². The Labute approximate surface area is 228 Å². The van der Waals surface area contributed by atoms with Crippen LogP contribution in [0.15, 0.2) is 109 Å². The van der Waals surface area contributed by atoms with Crippen LogP contribution in [-0.4, -0.2) is 23.6 Å². The van der Waals surface area contributed by atoms with Gasteiger partial charge in [-0.15, -0.1) is 12.4 Å². The third kappa shape index (κ3) is 7.62. The normalized spacial score (nSPS) is 11.1. The second kappa shape index (κ2) is 13.9. The maximum atomic E-state index is 13.2. The first-order valence-electron chi connectivity index (χ1n) is 12.1. The van der Waals surface area contributed by atoms with Gasteiger partial charge in [-0.05, 0) is 34.9 Å². The Morgan fingerprint density at radius 1 is 0.658 bits per heavy atom. The van der Waals surface area contributed by atoms with Gasteiger partial charge in [0.2, 0.25) is 5.91 Å². The lowest BCUT2D eigenvalue weighted by molar-refractivity contribution is -0.123. The summed E-state index contributed by atoms with van der Waals surface area (Å²) in [6.07, 6.45) is 0.225. The highest BCUT2D eigenvalue weighted by Crippen LogP contribution is 2.14. The number of hydrogen-bond donors (Lipinski definition) is 3. The molecule has 0 bridgehead atoms. The molecule has 0 aliphatic rings. The molecule has 0 fully saturated rings. The van der Waals surface area contributed by atoms with E-state index < -0.39 is 6.04 Å². The van der Waals surface area contributed by atoms with E-state index in [1.165, 1.54) is 0 Å². The highest BCUT2D eigenvalue weighted by molar-refractivity contribution is 6.09. The SMILES string of the molecule is Cl.NCc1ccc(C(=O)N[C@@H](Cc2cccc(C(=O)c3ccccc3)c2)C(=O)NCc2ccccc2)cc1. The van der Waals surface area contributed by atoms with Gasteiger partial charge in [-0.25, -0.2) is 0 Å². The van der Waals surface area contributed by atoms with Gasteiger partial charge in [0.1, 0.15) is 6.04 Å². The lowest BCUT2D eigenvalue weighted by Gasteiger charge is -2.19. The van der Waals surface area contributed by atoms with Crippen LogP contribution < -0.4 is 16.4 Å². The van der Waals surface area contributed by atoms with Crippen molar-refractivity contribution < 1.29 is 14.4 Å². The number of rotatable bonds is 10. The average molecular weight is 528 g/mol. The summed E-state index contributed by atoms with van der Waals surface area (Å²) in [7, 11) is 0. The minimum Gasteiger partial charge on any atom is -0.350 e. The predicted octanol–water partition coefficient (Wildman–Crippen LogP) is 4.46. The van der Waals surface area contributed by atoms with Crippen LogP contribution in [0.4, 0.5) is 0 Å². The zero-order valence-corrected chi connectivity index (χ0v) is 21.6. The molecule has 4 aromatic rings. The van der Waals surface area contributed by atoms with Crippen molar-refractivity contribution in [3.8, 4) is 0 Å². The summed E-state index contributed by atoms with van der Waals surface area (Å²) in [5.41, 5.74) is 9.83. The van der Waals surface area contributed by atoms with Gasteiger partial charge in [-0.2, -0.15) is 0 Å². The second-order valence-electron chi connectivity index (χ2n) is 8.73. The van der Waals surface area contributed by atoms with Crippen molar-refractivity contribution in [3.63, 3.8) is 0 Å². The van der Waals surface area contributed by atoms with Crippen LogP contribution in [0.2, 0.25) is 0 Å². The van der Waals surface area contributed by atoms with Crippen LogP contribution in [0, 0.1) is 0 Å². The molecule has 0 radical (unpaired) electrons. The minimum absolute atomic E-state index is 0. The third-order valence-corrected chi connectivity index (χ3v) is 6.05. The van der Waals surface area contributed by atoms with E-state index >= 15 is 0 Å². The molecule has 0 saturated carbocycles. The van der Waals surface area contributed by atoms with Gasteiger partial charge in [0.15, 0.2) is 5.78 Å². The van der Waals surface area contributed by atoms with Gasteiger partial charge in [-0.3, -0.25) is 14.4 Å². The number of nitrogens with two attached hydrogens (primary N) is 1. The largest absolute Gasteiger partial charge is 0.350 e. The van der Waals surface area contributed by atoms with Crippen LogP contribution >= 0.6 is 12.4 Å². The van der Waals surface area contributed by atoms with E-state index in [1.807, 2.05) is 54.6 Å². The Balaban J connectivity index is 0.00000400. The van der Waals surface area contributed by atoms with Crippen LogP contribution in [0.3, 0.4) is 0 Å². The summed E-state index contributed by atoms with van der Waals surface area (Å²) in [5.74, 6) is -0.771. The van der Waals surface area contributed by atoms with Gasteiger partial charge < -0.3 is 16.4 Å². The number of halogens is 1. The summed E-state index contributed by atoms with van der Waals surface area (Å²) >= 11 is 0. The molecule has 38 heavy (non-hydrogen) atoms. The fraction of sp³-hybridized carbons (Fsp3) is 0.129. The lowest BCUT2D eigenvalue weighted by Crippen LogP contribution is -2.47. The van der Waals surface area contributed by atoms with Crippen LogP contribution in [-0.2, 0) is 24.3 Å². The Kier molecular flexibility index (Phi) is 10.3. The molecule has 1 atom stereocenters.